The van der Waals surface area contributed by atoms with Gasteiger partial charge in [0.25, 0.3) is 0 Å². The summed E-state index contributed by atoms with van der Waals surface area (Å²) in [6, 6.07) is 9.13. The fraction of sp³-hybridized carbons (Fsp3) is 0.273. The largest absolute Gasteiger partial charge is 0.495 e. The van der Waals surface area contributed by atoms with Crippen LogP contribution in [0.2, 0.25) is 5.02 Å². The molecule has 0 bridgehead atoms. The number of methoxy groups -OCH3 is 2. The highest BCUT2D eigenvalue weighted by atomic mass is 35.5. The number of nitrogens with one attached hydrogen (secondary N) is 2. The van der Waals surface area contributed by atoms with Gasteiger partial charge in [-0.2, -0.15) is 0 Å². The molecule has 1 aliphatic rings. The number of anilines is 3. The highest BCUT2D eigenvalue weighted by Crippen LogP contribution is 2.36. The van der Waals surface area contributed by atoms with Crippen molar-refractivity contribution >= 4 is 45.7 Å². The van der Waals surface area contributed by atoms with Crippen LogP contribution < -0.4 is 25.0 Å². The number of fused-ring (bicyclic) bond motifs is 1. The highest BCUT2D eigenvalue weighted by molar-refractivity contribution is 6.32. The second-order valence-electron chi connectivity index (χ2n) is 7.16. The first kappa shape index (κ1) is 21.0. The first-order valence-corrected chi connectivity index (χ1v) is 10.2. The first-order valence-electron chi connectivity index (χ1n) is 9.83. The third-order valence-electron chi connectivity index (χ3n) is 5.14. The van der Waals surface area contributed by atoms with Crippen LogP contribution in [0.3, 0.4) is 0 Å². The smallest absolute Gasteiger partial charge is 0.323 e. The van der Waals surface area contributed by atoms with E-state index < -0.39 is 11.8 Å². The summed E-state index contributed by atoms with van der Waals surface area (Å²) in [4.78, 5) is 19.1. The van der Waals surface area contributed by atoms with Crippen LogP contribution in [-0.4, -0.2) is 38.3 Å². The Morgan fingerprint density at radius 3 is 2.52 bits per heavy atom. The molecule has 0 saturated carbocycles. The van der Waals surface area contributed by atoms with Crippen molar-refractivity contribution in [2.24, 2.45) is 0 Å². The summed E-state index contributed by atoms with van der Waals surface area (Å²) in [6.07, 6.45) is 2.23. The van der Waals surface area contributed by atoms with Crippen LogP contribution in [0.1, 0.15) is 12.8 Å². The summed E-state index contributed by atoms with van der Waals surface area (Å²) in [5.74, 6) is 1.06. The number of hydrogen-bond acceptors (Lipinski definition) is 5. The number of aromatic nitrogens is 1. The number of carbonyl (C=O) groups excluding carboxylic acids is 1. The number of halogens is 2. The van der Waals surface area contributed by atoms with Gasteiger partial charge in [0.15, 0.2) is 5.82 Å². The maximum absolute atomic E-state index is 14.7. The van der Waals surface area contributed by atoms with E-state index in [4.69, 9.17) is 21.1 Å². The second-order valence-corrected chi connectivity index (χ2v) is 7.57. The molecule has 0 aliphatic carbocycles. The predicted molar refractivity (Wildman–Crippen MR) is 120 cm³/mol. The number of hydrogen-bond donors (Lipinski definition) is 2. The Morgan fingerprint density at radius 2 is 1.81 bits per heavy atom. The molecule has 2 aromatic carbocycles. The molecule has 1 fully saturated rings. The quantitative estimate of drug-likeness (QED) is 0.559. The molecule has 31 heavy (non-hydrogen) atoms. The van der Waals surface area contributed by atoms with Crippen LogP contribution in [0.4, 0.5) is 26.4 Å². The van der Waals surface area contributed by atoms with Crippen molar-refractivity contribution in [3.8, 4) is 11.5 Å². The van der Waals surface area contributed by atoms with Gasteiger partial charge in [-0.1, -0.05) is 11.6 Å². The molecular formula is C22H22ClFN4O3. The molecule has 0 atom stereocenters. The Hall–Kier alpha value is -3.26. The zero-order chi connectivity index (χ0) is 22.0. The van der Waals surface area contributed by atoms with E-state index in [1.807, 2.05) is 12.1 Å². The maximum atomic E-state index is 14.7. The topological polar surface area (TPSA) is 75.7 Å². The zero-order valence-electron chi connectivity index (χ0n) is 17.2. The molecule has 162 valence electrons. The Labute approximate surface area is 184 Å². The molecule has 3 aromatic rings. The number of pyridine rings is 1. The van der Waals surface area contributed by atoms with Crippen molar-refractivity contribution < 1.29 is 18.7 Å². The molecule has 2 N–H and O–H groups in total. The minimum Gasteiger partial charge on any atom is -0.495 e. The van der Waals surface area contributed by atoms with Gasteiger partial charge in [-0.05, 0) is 43.2 Å². The van der Waals surface area contributed by atoms with Gasteiger partial charge in [0.1, 0.15) is 22.8 Å². The molecule has 1 aromatic heterocycles. The van der Waals surface area contributed by atoms with Gasteiger partial charge >= 0.3 is 6.03 Å². The third-order valence-corrected chi connectivity index (χ3v) is 5.44. The molecule has 2 amide bonds. The number of amides is 2. The lowest BCUT2D eigenvalue weighted by Gasteiger charge is -2.17. The first-order chi connectivity index (χ1) is 15.0. The molecule has 2 heterocycles. The average molecular weight is 445 g/mol. The molecule has 1 saturated heterocycles. The minimum absolute atomic E-state index is 0.277. The molecule has 0 spiro atoms. The van der Waals surface area contributed by atoms with Crippen molar-refractivity contribution in [1.82, 2.24) is 4.98 Å². The normalized spacial score (nSPS) is 13.4. The monoisotopic (exact) mass is 444 g/mol. The third kappa shape index (κ3) is 4.44. The Balaban J connectivity index is 1.54. The number of rotatable bonds is 5. The molecule has 1 aliphatic heterocycles. The van der Waals surface area contributed by atoms with Gasteiger partial charge in [0.05, 0.1) is 24.9 Å². The van der Waals surface area contributed by atoms with E-state index in [1.54, 1.807) is 12.1 Å². The Kier molecular flexibility index (Phi) is 5.99. The highest BCUT2D eigenvalue weighted by Gasteiger charge is 2.16. The van der Waals surface area contributed by atoms with Crippen LogP contribution in [-0.2, 0) is 0 Å². The van der Waals surface area contributed by atoms with Crippen molar-refractivity contribution in [1.29, 1.82) is 0 Å². The molecule has 7 nitrogen and oxygen atoms in total. The average Bonchev–Trinajstić information content (AvgIpc) is 3.28. The predicted octanol–water partition coefficient (Wildman–Crippen LogP) is 5.29. The van der Waals surface area contributed by atoms with E-state index in [1.165, 1.54) is 26.4 Å². The fourth-order valence-electron chi connectivity index (χ4n) is 3.62. The van der Waals surface area contributed by atoms with Crippen LogP contribution in [0.25, 0.3) is 10.9 Å². The molecule has 9 heteroatoms. The molecule has 4 rings (SSSR count). The maximum Gasteiger partial charge on any atom is 0.323 e. The van der Waals surface area contributed by atoms with E-state index in [0.29, 0.717) is 33.3 Å². The molecule has 0 radical (unpaired) electrons. The van der Waals surface area contributed by atoms with E-state index in [-0.39, 0.29) is 5.52 Å². The van der Waals surface area contributed by atoms with Crippen LogP contribution in [0.15, 0.2) is 36.4 Å². The summed E-state index contributed by atoms with van der Waals surface area (Å²) in [5, 5.41) is 6.21. The molecule has 0 unspecified atom stereocenters. The number of benzene rings is 2. The van der Waals surface area contributed by atoms with E-state index in [2.05, 4.69) is 20.5 Å². The van der Waals surface area contributed by atoms with Crippen LogP contribution in [0, 0.1) is 5.82 Å². The van der Waals surface area contributed by atoms with Gasteiger partial charge in [0, 0.05) is 30.2 Å². The van der Waals surface area contributed by atoms with Crippen molar-refractivity contribution in [2.75, 3.05) is 42.8 Å². The van der Waals surface area contributed by atoms with Gasteiger partial charge in [0.2, 0.25) is 0 Å². The lowest BCUT2D eigenvalue weighted by Crippen LogP contribution is -2.20. The number of urea groups is 1. The van der Waals surface area contributed by atoms with Gasteiger partial charge in [-0.25, -0.2) is 14.2 Å². The zero-order valence-corrected chi connectivity index (χ0v) is 17.9. The summed E-state index contributed by atoms with van der Waals surface area (Å²) in [5.41, 5.74) is 0.930. The van der Waals surface area contributed by atoms with Crippen LogP contribution >= 0.6 is 11.6 Å². The fourth-order valence-corrected chi connectivity index (χ4v) is 3.86. The van der Waals surface area contributed by atoms with Crippen molar-refractivity contribution in [3.63, 3.8) is 0 Å². The van der Waals surface area contributed by atoms with E-state index in [9.17, 15) is 9.18 Å². The minimum atomic E-state index is -0.570. The van der Waals surface area contributed by atoms with Crippen molar-refractivity contribution in [3.05, 3.63) is 47.2 Å². The summed E-state index contributed by atoms with van der Waals surface area (Å²) in [7, 11) is 2.95. The lowest BCUT2D eigenvalue weighted by molar-refractivity contribution is 0.262. The van der Waals surface area contributed by atoms with Gasteiger partial charge in [-0.15, -0.1) is 0 Å². The van der Waals surface area contributed by atoms with E-state index in [0.717, 1.165) is 31.7 Å². The SMILES string of the molecule is COc1cc(OC)c(NC(=O)Nc2cc(F)c3nc(N4CCCC4)ccc3c2)cc1Cl. The second kappa shape index (κ2) is 8.85. The number of carbonyl (C=O) groups is 1. The Morgan fingerprint density at radius 1 is 1.06 bits per heavy atom. The van der Waals surface area contributed by atoms with Crippen LogP contribution in [0.5, 0.6) is 11.5 Å². The van der Waals surface area contributed by atoms with Gasteiger partial charge in [-0.3, -0.25) is 0 Å². The summed E-state index contributed by atoms with van der Waals surface area (Å²) < 4.78 is 25.2. The number of ether oxygens (including phenoxy) is 2. The van der Waals surface area contributed by atoms with Gasteiger partial charge < -0.3 is 25.0 Å². The summed E-state index contributed by atoms with van der Waals surface area (Å²) in [6.45, 7) is 1.86. The summed E-state index contributed by atoms with van der Waals surface area (Å²) >= 11 is 6.14. The standard InChI is InChI=1S/C22H22ClFN4O3/c1-30-18-12-19(31-2)17(11-15(18)23)26-22(29)25-14-9-13-5-6-20(28-7-3-4-8-28)27-21(13)16(24)10-14/h5-6,9-12H,3-4,7-8H2,1-2H3,(H2,25,26,29). The molecular weight excluding hydrogens is 423 g/mol. The Bertz CT molecular complexity index is 1140. The van der Waals surface area contributed by atoms with E-state index >= 15 is 0 Å². The lowest BCUT2D eigenvalue weighted by atomic mass is 10.2. The van der Waals surface area contributed by atoms with Crippen molar-refractivity contribution in [2.45, 2.75) is 12.8 Å². The number of nitrogens with zero attached hydrogens (tertiary/aromatic N) is 2.